The van der Waals surface area contributed by atoms with Crippen LogP contribution in [0.3, 0.4) is 0 Å². The Morgan fingerprint density at radius 3 is 2.47 bits per heavy atom. The number of amides is 1. The van der Waals surface area contributed by atoms with Crippen LogP contribution in [0.1, 0.15) is 50.7 Å². The van der Waals surface area contributed by atoms with Gasteiger partial charge in [0.25, 0.3) is 0 Å². The lowest BCUT2D eigenvalue weighted by molar-refractivity contribution is -0.497. The van der Waals surface area contributed by atoms with Crippen LogP contribution < -0.4 is 5.32 Å². The average molecular weight is 663 g/mol. The zero-order chi connectivity index (χ0) is 34.4. The zero-order valence-corrected chi connectivity index (χ0v) is 25.9. The lowest BCUT2D eigenvalue weighted by Crippen LogP contribution is -2.69. The monoisotopic (exact) mass is 662 g/mol. The number of rotatable bonds is 10. The molecule has 47 heavy (non-hydrogen) atoms. The highest BCUT2D eigenvalue weighted by Crippen LogP contribution is 2.69. The van der Waals surface area contributed by atoms with Gasteiger partial charge in [0.1, 0.15) is 13.2 Å². The van der Waals surface area contributed by atoms with Gasteiger partial charge in [-0.1, -0.05) is 42.8 Å². The molecule has 0 unspecified atom stereocenters. The Labute approximate surface area is 269 Å². The average Bonchev–Trinajstić information content (AvgIpc) is 3.23. The maximum absolute atomic E-state index is 17.2. The molecule has 3 saturated carbocycles. The smallest absolute Gasteiger partial charge is 0.408 e. The lowest BCUT2D eigenvalue weighted by Gasteiger charge is -2.62. The summed E-state index contributed by atoms with van der Waals surface area (Å²) in [5.74, 6) is -3.72. The molecule has 5 rings (SSSR count). The summed E-state index contributed by atoms with van der Waals surface area (Å²) >= 11 is 0. The first-order valence-electron chi connectivity index (χ1n) is 15.3. The van der Waals surface area contributed by atoms with Gasteiger partial charge in [-0.15, -0.1) is 0 Å². The number of nitrogens with zero attached hydrogens (tertiary/aromatic N) is 1. The molecule has 256 valence electrons. The van der Waals surface area contributed by atoms with E-state index in [0.29, 0.717) is 23.1 Å². The Kier molecular flexibility index (Phi) is 9.47. The lowest BCUT2D eigenvalue weighted by atomic mass is 9.44. The number of ketones is 2. The van der Waals surface area contributed by atoms with Crippen molar-refractivity contribution in [3.05, 3.63) is 59.2 Å². The number of halogens is 1. The molecule has 4 aliphatic rings. The summed E-state index contributed by atoms with van der Waals surface area (Å²) < 4.78 is 27.3. The summed E-state index contributed by atoms with van der Waals surface area (Å²) in [5, 5.41) is 53.2. The Morgan fingerprint density at radius 2 is 1.77 bits per heavy atom. The van der Waals surface area contributed by atoms with Crippen molar-refractivity contribution >= 4 is 23.6 Å². The number of benzene rings is 1. The molecular weight excluding hydrogens is 623 g/mol. The van der Waals surface area contributed by atoms with E-state index in [-0.39, 0.29) is 38.3 Å². The molecule has 15 heteroatoms. The Morgan fingerprint density at radius 1 is 1.06 bits per heavy atom. The topological polar surface area (TPSA) is 212 Å². The standard InChI is InChI=1S/C32H39FN2O12/c1-29-9-8-21(36)11-20(29)6-7-22-23-12-24(37)32(42,30(23,2)13-25(38)31(22,29)33)26(39)17-46-28(41)34-14-27(40)45-15-18-4-3-5-19(10-18)16-47-35(43)44/h3-5,8-11,22-25,37-38,42-44H,6-7,12-17H2,1-2H3,(H,34,41)/t22-,23-,24+,25-,29-,30-,31-,32-/m0/s1. The second-order valence-electron chi connectivity index (χ2n) is 13.1. The summed E-state index contributed by atoms with van der Waals surface area (Å²) in [6.07, 6.45) is -0.207. The number of alkyl carbamates (subject to hydrolysis) is 1. The second kappa shape index (κ2) is 12.8. The van der Waals surface area contributed by atoms with Crippen molar-refractivity contribution in [3.63, 3.8) is 0 Å². The zero-order valence-electron chi connectivity index (χ0n) is 25.9. The third-order valence-corrected chi connectivity index (χ3v) is 10.7. The number of alkyl halides is 1. The fraction of sp³-hybridized carbons (Fsp3) is 0.562. The van der Waals surface area contributed by atoms with Gasteiger partial charge in [0.15, 0.2) is 23.7 Å². The molecule has 0 heterocycles. The van der Waals surface area contributed by atoms with E-state index in [1.165, 1.54) is 25.2 Å². The van der Waals surface area contributed by atoms with Gasteiger partial charge < -0.3 is 30.1 Å². The van der Waals surface area contributed by atoms with E-state index in [9.17, 15) is 34.5 Å². The number of Topliss-reactive ketones (excluding diaryl/α,β-unsaturated/α-hetero) is 1. The molecule has 0 aliphatic heterocycles. The number of hydrogen-bond acceptors (Lipinski definition) is 13. The molecule has 0 radical (unpaired) electrons. The number of carbonyl (C=O) groups is 4. The Balaban J connectivity index is 1.17. The summed E-state index contributed by atoms with van der Waals surface area (Å²) in [4.78, 5) is 54.5. The van der Waals surface area contributed by atoms with Gasteiger partial charge in [-0.05, 0) is 61.8 Å². The fourth-order valence-corrected chi connectivity index (χ4v) is 8.32. The first-order chi connectivity index (χ1) is 22.1. The van der Waals surface area contributed by atoms with E-state index in [2.05, 4.69) is 10.2 Å². The number of ether oxygens (including phenoxy) is 2. The molecule has 1 amide bonds. The first kappa shape index (κ1) is 34.8. The molecule has 0 spiro atoms. The highest BCUT2D eigenvalue weighted by molar-refractivity contribution is 6.01. The number of allylic oxidation sites excluding steroid dienone is 4. The van der Waals surface area contributed by atoms with Gasteiger partial charge in [-0.25, -0.2) is 14.0 Å². The normalized spacial score (nSPS) is 35.8. The Hall–Kier alpha value is -3.57. The van der Waals surface area contributed by atoms with Gasteiger partial charge in [0.2, 0.25) is 5.78 Å². The maximum atomic E-state index is 17.2. The molecule has 0 aromatic heterocycles. The predicted molar refractivity (Wildman–Crippen MR) is 155 cm³/mol. The quantitative estimate of drug-likeness (QED) is 0.155. The van der Waals surface area contributed by atoms with Crippen LogP contribution in [0.15, 0.2) is 48.1 Å². The van der Waals surface area contributed by atoms with Crippen LogP contribution in [0.2, 0.25) is 0 Å². The van der Waals surface area contributed by atoms with Crippen LogP contribution in [-0.4, -0.2) is 91.4 Å². The van der Waals surface area contributed by atoms with Gasteiger partial charge >= 0.3 is 12.1 Å². The van der Waals surface area contributed by atoms with Gasteiger partial charge in [-0.3, -0.25) is 24.8 Å². The van der Waals surface area contributed by atoms with E-state index in [1.807, 2.05) is 0 Å². The summed E-state index contributed by atoms with van der Waals surface area (Å²) in [7, 11) is 0. The maximum Gasteiger partial charge on any atom is 0.408 e. The number of aliphatic hydroxyl groups is 3. The van der Waals surface area contributed by atoms with Crippen molar-refractivity contribution in [3.8, 4) is 0 Å². The number of esters is 1. The third kappa shape index (κ3) is 5.90. The van der Waals surface area contributed by atoms with E-state index >= 15 is 4.39 Å². The molecule has 1 aromatic carbocycles. The summed E-state index contributed by atoms with van der Waals surface area (Å²) in [6, 6.07) is 6.51. The van der Waals surface area contributed by atoms with Crippen molar-refractivity contribution in [1.82, 2.24) is 10.7 Å². The van der Waals surface area contributed by atoms with Crippen molar-refractivity contribution in [2.75, 3.05) is 13.2 Å². The number of hydrogen-bond donors (Lipinski definition) is 6. The molecule has 4 aliphatic carbocycles. The van der Waals surface area contributed by atoms with E-state index in [4.69, 9.17) is 19.9 Å². The highest BCUT2D eigenvalue weighted by atomic mass is 19.1. The summed E-state index contributed by atoms with van der Waals surface area (Å²) in [6.45, 7) is 1.23. The van der Waals surface area contributed by atoms with Gasteiger partial charge in [-0.2, -0.15) is 0 Å². The minimum Gasteiger partial charge on any atom is -0.460 e. The number of carbonyl (C=O) groups excluding carboxylic acids is 4. The molecule has 14 nitrogen and oxygen atoms in total. The first-order valence-corrected chi connectivity index (χ1v) is 15.3. The van der Waals surface area contributed by atoms with Crippen molar-refractivity contribution in [1.29, 1.82) is 0 Å². The van der Waals surface area contributed by atoms with E-state index < -0.39 is 82.5 Å². The van der Waals surface area contributed by atoms with Crippen LogP contribution in [0, 0.1) is 22.7 Å². The molecular formula is C32H39FN2O12. The van der Waals surface area contributed by atoms with Crippen LogP contribution in [-0.2, 0) is 41.9 Å². The van der Waals surface area contributed by atoms with Gasteiger partial charge in [0, 0.05) is 16.7 Å². The van der Waals surface area contributed by atoms with Crippen molar-refractivity contribution in [2.24, 2.45) is 22.7 Å². The Bertz CT molecular complexity index is 1500. The fourth-order valence-electron chi connectivity index (χ4n) is 8.32. The summed E-state index contributed by atoms with van der Waals surface area (Å²) in [5.41, 5.74) is -5.79. The minimum atomic E-state index is -2.47. The van der Waals surface area contributed by atoms with Crippen LogP contribution >= 0.6 is 0 Å². The molecule has 6 N–H and O–H groups in total. The highest BCUT2D eigenvalue weighted by Gasteiger charge is 2.76. The number of nitrogens with one attached hydrogen (secondary N) is 1. The molecule has 0 saturated heterocycles. The number of aliphatic hydroxyl groups excluding tert-OH is 2. The van der Waals surface area contributed by atoms with Crippen molar-refractivity contribution < 1.29 is 63.6 Å². The predicted octanol–water partition coefficient (Wildman–Crippen LogP) is 1.61. The second-order valence-corrected chi connectivity index (χ2v) is 13.1. The van der Waals surface area contributed by atoms with E-state index in [1.54, 1.807) is 31.2 Å². The largest absolute Gasteiger partial charge is 0.460 e. The van der Waals surface area contributed by atoms with Crippen LogP contribution in [0.5, 0.6) is 0 Å². The number of fused-ring (bicyclic) bond motifs is 5. The van der Waals surface area contributed by atoms with E-state index in [0.717, 1.165) is 0 Å². The third-order valence-electron chi connectivity index (χ3n) is 10.7. The molecule has 1 aromatic rings. The molecule has 8 atom stereocenters. The van der Waals surface area contributed by atoms with Crippen LogP contribution in [0.25, 0.3) is 0 Å². The molecule has 3 fully saturated rings. The molecule has 0 bridgehead atoms. The SMILES string of the molecule is C[C@]12C=CC(=O)C=C1CC[C@H]1[C@@H]3C[C@@H](O)[C@](O)(C(=O)COC(=O)NCC(=O)OCc4cccc(CON(O)O)c4)[C@@]3(C)C[C@H](O)[C@@]12F. The van der Waals surface area contributed by atoms with Gasteiger partial charge in [0.05, 0.1) is 24.2 Å². The minimum absolute atomic E-state index is 0.130. The van der Waals surface area contributed by atoms with Crippen LogP contribution in [0.4, 0.5) is 9.18 Å². The van der Waals surface area contributed by atoms with Crippen molar-refractivity contribution in [2.45, 2.75) is 76.2 Å².